The van der Waals surface area contributed by atoms with Gasteiger partial charge in [-0.1, -0.05) is 13.8 Å². The number of benzene rings is 2. The second-order valence-electron chi connectivity index (χ2n) is 6.60. The third-order valence-corrected chi connectivity index (χ3v) is 4.40. The van der Waals surface area contributed by atoms with Gasteiger partial charge in [0.05, 0.1) is 5.69 Å². The number of rotatable bonds is 7. The van der Waals surface area contributed by atoms with E-state index in [-0.39, 0.29) is 11.9 Å². The van der Waals surface area contributed by atoms with Crippen LogP contribution in [0.1, 0.15) is 26.7 Å². The average molecular weight is 434 g/mol. The second-order valence-corrected chi connectivity index (χ2v) is 6.60. The highest BCUT2D eigenvalue weighted by Crippen LogP contribution is 2.24. The first-order valence-corrected chi connectivity index (χ1v) is 9.63. The van der Waals surface area contributed by atoms with Crippen LogP contribution in [-0.2, 0) is 4.74 Å². The van der Waals surface area contributed by atoms with Gasteiger partial charge in [-0.3, -0.25) is 5.32 Å². The molecule has 1 heterocycles. The summed E-state index contributed by atoms with van der Waals surface area (Å²) in [6.45, 7) is 3.90. The van der Waals surface area contributed by atoms with Gasteiger partial charge < -0.3 is 9.47 Å². The van der Waals surface area contributed by atoms with E-state index in [0.717, 1.165) is 12.8 Å². The average Bonchev–Trinajstić information content (AvgIpc) is 3.22. The molecular weight excluding hydrogens is 413 g/mol. The third kappa shape index (κ3) is 6.21. The van der Waals surface area contributed by atoms with E-state index in [1.165, 1.54) is 35.3 Å². The molecule has 0 unspecified atom stereocenters. The molecule has 1 aromatic heterocycles. The van der Waals surface area contributed by atoms with E-state index < -0.39 is 12.5 Å². The van der Waals surface area contributed by atoms with Crippen LogP contribution in [0, 0.1) is 0 Å². The molecule has 1 amide bonds. The molecule has 0 saturated carbocycles. The first-order valence-electron chi connectivity index (χ1n) is 9.63. The Hall–Kier alpha value is -3.56. The summed E-state index contributed by atoms with van der Waals surface area (Å²) in [6.07, 6.45) is -2.44. The number of carbonyl (C=O) groups is 1. The lowest BCUT2D eigenvalue weighted by molar-refractivity contribution is -0.274. The fourth-order valence-electron chi connectivity index (χ4n) is 2.78. The van der Waals surface area contributed by atoms with Crippen molar-refractivity contribution in [1.29, 1.82) is 0 Å². The number of alkyl halides is 3. The third-order valence-electron chi connectivity index (χ3n) is 4.40. The Labute approximate surface area is 176 Å². The number of nitrogens with zero attached hydrogens (tertiary/aromatic N) is 3. The number of ether oxygens (including phenoxy) is 2. The number of halogens is 3. The topological polar surface area (TPSA) is 78.3 Å². The van der Waals surface area contributed by atoms with Crippen molar-refractivity contribution in [3.05, 3.63) is 54.9 Å². The summed E-state index contributed by atoms with van der Waals surface area (Å²) in [4.78, 5) is 16.1. The minimum absolute atomic E-state index is 0.124. The summed E-state index contributed by atoms with van der Waals surface area (Å²) in [5, 5.41) is 7.01. The maximum absolute atomic E-state index is 12.3. The molecule has 1 N–H and O–H groups in total. The Morgan fingerprint density at radius 1 is 1.06 bits per heavy atom. The molecule has 0 atom stereocenters. The quantitative estimate of drug-likeness (QED) is 0.526. The van der Waals surface area contributed by atoms with Crippen molar-refractivity contribution >= 4 is 11.8 Å². The van der Waals surface area contributed by atoms with Crippen LogP contribution in [0.4, 0.5) is 23.7 Å². The zero-order valence-corrected chi connectivity index (χ0v) is 16.9. The van der Waals surface area contributed by atoms with Gasteiger partial charge in [-0.05, 0) is 61.4 Å². The smallest absolute Gasteiger partial charge is 0.446 e. The first kappa shape index (κ1) is 22.1. The number of hydrogen-bond donors (Lipinski definition) is 1. The molecule has 3 aromatic rings. The number of anilines is 1. The molecule has 31 heavy (non-hydrogen) atoms. The van der Waals surface area contributed by atoms with Crippen molar-refractivity contribution in [2.75, 3.05) is 5.32 Å². The summed E-state index contributed by atoms with van der Waals surface area (Å²) < 4.78 is 47.4. The lowest BCUT2D eigenvalue weighted by Crippen LogP contribution is -2.21. The van der Waals surface area contributed by atoms with E-state index in [0.29, 0.717) is 22.8 Å². The number of nitrogens with one attached hydrogen (secondary N) is 1. The number of amides is 1. The number of carbonyl (C=O) groups excluding carboxylic acids is 1. The van der Waals surface area contributed by atoms with Gasteiger partial charge in [-0.2, -0.15) is 0 Å². The van der Waals surface area contributed by atoms with Crippen LogP contribution in [-0.4, -0.2) is 33.3 Å². The zero-order valence-electron chi connectivity index (χ0n) is 16.9. The maximum Gasteiger partial charge on any atom is 0.573 e. The molecule has 0 aliphatic heterocycles. The van der Waals surface area contributed by atoms with Crippen molar-refractivity contribution < 1.29 is 27.4 Å². The molecular formula is C21H21F3N4O3. The summed E-state index contributed by atoms with van der Waals surface area (Å²) in [6, 6.07) is 12.2. The molecule has 3 rings (SSSR count). The minimum Gasteiger partial charge on any atom is -0.446 e. The van der Waals surface area contributed by atoms with Gasteiger partial charge >= 0.3 is 12.5 Å². The van der Waals surface area contributed by atoms with Crippen molar-refractivity contribution in [3.63, 3.8) is 0 Å². The Kier molecular flexibility index (Phi) is 6.78. The molecule has 0 saturated heterocycles. The predicted molar refractivity (Wildman–Crippen MR) is 108 cm³/mol. The van der Waals surface area contributed by atoms with Crippen molar-refractivity contribution in [2.45, 2.75) is 39.2 Å². The number of aromatic nitrogens is 3. The molecule has 0 fully saturated rings. The lowest BCUT2D eigenvalue weighted by atomic mass is 10.2. The van der Waals surface area contributed by atoms with Gasteiger partial charge in [-0.25, -0.2) is 14.5 Å². The van der Waals surface area contributed by atoms with Crippen LogP contribution in [0.3, 0.4) is 0 Å². The molecule has 10 heteroatoms. The van der Waals surface area contributed by atoms with Gasteiger partial charge in [0.2, 0.25) is 0 Å². The Morgan fingerprint density at radius 3 is 2.29 bits per heavy atom. The van der Waals surface area contributed by atoms with E-state index in [2.05, 4.69) is 20.1 Å². The van der Waals surface area contributed by atoms with Crippen LogP contribution >= 0.6 is 0 Å². The van der Waals surface area contributed by atoms with Crippen molar-refractivity contribution in [2.24, 2.45) is 0 Å². The largest absolute Gasteiger partial charge is 0.573 e. The number of hydrogen-bond acceptors (Lipinski definition) is 5. The highest BCUT2D eigenvalue weighted by molar-refractivity contribution is 5.85. The standard InChI is InChI=1S/C21H21F3N4O3/c1-3-17(4-2)30-20(29)26-15-7-5-14(6-8-15)19-25-13-28(27-19)16-9-11-18(12-10-16)31-21(22,23)24/h5-13,17H,3-4H2,1-2H3,(H,26,29). The monoisotopic (exact) mass is 434 g/mol. The van der Waals surface area contributed by atoms with Gasteiger partial charge in [0, 0.05) is 11.3 Å². The SMILES string of the molecule is CCC(CC)OC(=O)Nc1ccc(-c2ncn(-c3ccc(OC(F)(F)F)cc3)n2)cc1. The predicted octanol–water partition coefficient (Wildman–Crippen LogP) is 5.57. The van der Waals surface area contributed by atoms with E-state index in [1.54, 1.807) is 24.3 Å². The Bertz CT molecular complexity index is 998. The Balaban J connectivity index is 1.65. The maximum atomic E-state index is 12.3. The van der Waals surface area contributed by atoms with Crippen LogP contribution in [0.15, 0.2) is 54.9 Å². The fourth-order valence-corrected chi connectivity index (χ4v) is 2.78. The molecule has 0 spiro atoms. The van der Waals surface area contributed by atoms with Gasteiger partial charge in [-0.15, -0.1) is 18.3 Å². The van der Waals surface area contributed by atoms with Crippen LogP contribution < -0.4 is 10.1 Å². The summed E-state index contributed by atoms with van der Waals surface area (Å²) >= 11 is 0. The highest BCUT2D eigenvalue weighted by atomic mass is 19.4. The van der Waals surface area contributed by atoms with Gasteiger partial charge in [0.15, 0.2) is 5.82 Å². The normalized spacial score (nSPS) is 11.4. The molecule has 7 nitrogen and oxygen atoms in total. The van der Waals surface area contributed by atoms with E-state index in [1.807, 2.05) is 13.8 Å². The van der Waals surface area contributed by atoms with Crippen molar-refractivity contribution in [3.8, 4) is 22.8 Å². The van der Waals surface area contributed by atoms with Crippen LogP contribution in [0.2, 0.25) is 0 Å². The van der Waals surface area contributed by atoms with Crippen LogP contribution in [0.5, 0.6) is 5.75 Å². The fraction of sp³-hybridized carbons (Fsp3) is 0.286. The molecule has 0 aliphatic rings. The van der Waals surface area contributed by atoms with E-state index >= 15 is 0 Å². The van der Waals surface area contributed by atoms with Gasteiger partial charge in [0.1, 0.15) is 18.2 Å². The second kappa shape index (κ2) is 9.50. The molecule has 164 valence electrons. The Morgan fingerprint density at radius 2 is 1.71 bits per heavy atom. The molecule has 0 radical (unpaired) electrons. The summed E-state index contributed by atoms with van der Waals surface area (Å²) in [5.74, 6) is 0.101. The van der Waals surface area contributed by atoms with E-state index in [9.17, 15) is 18.0 Å². The van der Waals surface area contributed by atoms with Crippen molar-refractivity contribution in [1.82, 2.24) is 14.8 Å². The summed E-state index contributed by atoms with van der Waals surface area (Å²) in [7, 11) is 0. The zero-order chi connectivity index (χ0) is 22.4. The molecule has 2 aromatic carbocycles. The summed E-state index contributed by atoms with van der Waals surface area (Å²) in [5.41, 5.74) is 1.80. The van der Waals surface area contributed by atoms with Crippen LogP contribution in [0.25, 0.3) is 17.1 Å². The highest BCUT2D eigenvalue weighted by Gasteiger charge is 2.31. The van der Waals surface area contributed by atoms with Gasteiger partial charge in [0.25, 0.3) is 0 Å². The minimum atomic E-state index is -4.74. The lowest BCUT2D eigenvalue weighted by Gasteiger charge is -2.14. The molecule has 0 bridgehead atoms. The molecule has 0 aliphatic carbocycles. The first-order chi connectivity index (χ1) is 14.8. The van der Waals surface area contributed by atoms with E-state index in [4.69, 9.17) is 4.74 Å².